The summed E-state index contributed by atoms with van der Waals surface area (Å²) in [7, 11) is 1.01. The zero-order valence-electron chi connectivity index (χ0n) is 19.8. The van der Waals surface area contributed by atoms with Crippen LogP contribution in [-0.4, -0.2) is 29.7 Å². The third kappa shape index (κ3) is 4.18. The van der Waals surface area contributed by atoms with Crippen LogP contribution in [0.1, 0.15) is 29.5 Å². The molecule has 0 saturated heterocycles. The van der Waals surface area contributed by atoms with Crippen LogP contribution in [0, 0.1) is 5.92 Å². The summed E-state index contributed by atoms with van der Waals surface area (Å²) in [6.07, 6.45) is 5.21. The molecule has 0 amide bonds. The molecule has 1 heterocycles. The highest BCUT2D eigenvalue weighted by atomic mass is 32.2. The maximum Gasteiger partial charge on any atom is 0.262 e. The van der Waals surface area contributed by atoms with Crippen molar-refractivity contribution in [2.24, 2.45) is 5.92 Å². The van der Waals surface area contributed by atoms with Crippen molar-refractivity contribution in [1.29, 1.82) is 0 Å². The number of ether oxygens (including phenoxy) is 3. The molecule has 0 bridgehead atoms. The van der Waals surface area contributed by atoms with Crippen LogP contribution in [0.15, 0.2) is 77.7 Å². The van der Waals surface area contributed by atoms with Gasteiger partial charge in [-0.2, -0.15) is 0 Å². The first kappa shape index (κ1) is 23.1. The van der Waals surface area contributed by atoms with Crippen molar-refractivity contribution < 1.29 is 22.6 Å². The molecule has 1 aliphatic heterocycles. The van der Waals surface area contributed by atoms with E-state index in [4.69, 9.17) is 14.2 Å². The predicted octanol–water partition coefficient (Wildman–Crippen LogP) is 5.34. The third-order valence-corrected chi connectivity index (χ3v) is 8.13. The van der Waals surface area contributed by atoms with Crippen molar-refractivity contribution in [2.45, 2.75) is 23.3 Å². The molecule has 8 heteroatoms. The van der Waals surface area contributed by atoms with Crippen LogP contribution >= 0.6 is 0 Å². The molecular weight excluding hydrogens is 464 g/mol. The quantitative estimate of drug-likeness (QED) is 0.433. The summed E-state index contributed by atoms with van der Waals surface area (Å²) in [5, 5.41) is 3.65. The summed E-state index contributed by atoms with van der Waals surface area (Å²) < 4.78 is 45.6. The van der Waals surface area contributed by atoms with Crippen LogP contribution in [0.3, 0.4) is 0 Å². The molecule has 0 saturated carbocycles. The fraction of sp³-hybridized carbons (Fsp3) is 0.259. The molecule has 35 heavy (non-hydrogen) atoms. The molecular formula is C27H28N2O5S. The fourth-order valence-corrected chi connectivity index (χ4v) is 6.17. The zero-order valence-corrected chi connectivity index (χ0v) is 20.6. The Morgan fingerprint density at radius 3 is 2.46 bits per heavy atom. The summed E-state index contributed by atoms with van der Waals surface area (Å²) in [5.41, 5.74) is 3.29. The highest BCUT2D eigenvalue weighted by Crippen LogP contribution is 2.52. The first-order chi connectivity index (χ1) is 16.9. The van der Waals surface area contributed by atoms with E-state index in [1.54, 1.807) is 50.6 Å². The van der Waals surface area contributed by atoms with Gasteiger partial charge < -0.3 is 19.5 Å². The molecule has 0 unspecified atom stereocenters. The monoisotopic (exact) mass is 492 g/mol. The maximum absolute atomic E-state index is 13.3. The molecule has 182 valence electrons. The van der Waals surface area contributed by atoms with Crippen molar-refractivity contribution >= 4 is 21.4 Å². The van der Waals surface area contributed by atoms with E-state index in [0.717, 1.165) is 34.7 Å². The van der Waals surface area contributed by atoms with Gasteiger partial charge in [-0.25, -0.2) is 8.42 Å². The highest BCUT2D eigenvalue weighted by molar-refractivity contribution is 7.92. The summed E-state index contributed by atoms with van der Waals surface area (Å²) in [5.74, 6) is 2.30. The van der Waals surface area contributed by atoms with Crippen LogP contribution in [-0.2, 0) is 10.0 Å². The molecule has 7 nitrogen and oxygen atoms in total. The number of nitrogens with one attached hydrogen (secondary N) is 2. The van der Waals surface area contributed by atoms with E-state index in [9.17, 15) is 8.42 Å². The fourth-order valence-electron chi connectivity index (χ4n) is 5.06. The molecule has 2 aliphatic rings. The molecule has 3 atom stereocenters. The third-order valence-electron chi connectivity index (χ3n) is 6.77. The second kappa shape index (κ2) is 9.19. The van der Waals surface area contributed by atoms with Gasteiger partial charge in [0.05, 0.1) is 38.0 Å². The van der Waals surface area contributed by atoms with Crippen LogP contribution in [0.2, 0.25) is 0 Å². The molecule has 0 spiro atoms. The van der Waals surface area contributed by atoms with Gasteiger partial charge >= 0.3 is 0 Å². The number of methoxy groups -OCH3 is 3. The van der Waals surface area contributed by atoms with Crippen LogP contribution in [0.5, 0.6) is 17.2 Å². The normalized spacial score (nSPS) is 20.4. The van der Waals surface area contributed by atoms with E-state index in [1.165, 1.54) is 7.11 Å². The molecule has 3 aromatic rings. The number of para-hydroxylation sites is 2. The molecule has 0 radical (unpaired) electrons. The molecule has 2 N–H and O–H groups in total. The second-order valence-corrected chi connectivity index (χ2v) is 10.3. The first-order valence-corrected chi connectivity index (χ1v) is 12.9. The lowest BCUT2D eigenvalue weighted by Crippen LogP contribution is -2.29. The Hall–Kier alpha value is -3.65. The minimum atomic E-state index is -3.81. The van der Waals surface area contributed by atoms with Crippen molar-refractivity contribution in [3.63, 3.8) is 0 Å². The first-order valence-electron chi connectivity index (χ1n) is 11.4. The zero-order chi connectivity index (χ0) is 24.6. The molecule has 0 fully saturated rings. The number of sulfonamides is 1. The van der Waals surface area contributed by atoms with E-state index >= 15 is 0 Å². The number of rotatable bonds is 7. The van der Waals surface area contributed by atoms with Gasteiger partial charge in [0.1, 0.15) is 17.2 Å². The SMILES string of the molecule is COc1ccc(OC)c([C@H]2Nc3ccc(S(=O)(=O)Nc4ccccc4OC)cc3[C@H]3C=CC[C@H]32)c1. The van der Waals surface area contributed by atoms with Crippen LogP contribution in [0.4, 0.5) is 11.4 Å². The maximum atomic E-state index is 13.3. The number of fused-ring (bicyclic) bond motifs is 3. The minimum absolute atomic E-state index is 0.0123. The average Bonchev–Trinajstić information content (AvgIpc) is 3.38. The number of anilines is 2. The molecule has 1 aliphatic carbocycles. The number of hydrogen-bond donors (Lipinski definition) is 2. The summed E-state index contributed by atoms with van der Waals surface area (Å²) in [6, 6.07) is 18.0. The van der Waals surface area contributed by atoms with Gasteiger partial charge in [-0.15, -0.1) is 0 Å². The van der Waals surface area contributed by atoms with Gasteiger partial charge in [0, 0.05) is 17.2 Å². The number of benzene rings is 3. The highest BCUT2D eigenvalue weighted by Gasteiger charge is 2.39. The average molecular weight is 493 g/mol. The van der Waals surface area contributed by atoms with Crippen LogP contribution < -0.4 is 24.2 Å². The molecule has 3 aromatic carbocycles. The van der Waals surface area contributed by atoms with Gasteiger partial charge in [-0.05, 0) is 66.4 Å². The van der Waals surface area contributed by atoms with Crippen molar-refractivity contribution in [3.8, 4) is 17.2 Å². The summed E-state index contributed by atoms with van der Waals surface area (Å²) in [6.45, 7) is 0. The Morgan fingerprint density at radius 2 is 1.69 bits per heavy atom. The van der Waals surface area contributed by atoms with Gasteiger partial charge in [0.25, 0.3) is 10.0 Å². The Morgan fingerprint density at radius 1 is 0.886 bits per heavy atom. The largest absolute Gasteiger partial charge is 0.497 e. The molecule has 0 aromatic heterocycles. The Labute approximate surface area is 205 Å². The Balaban J connectivity index is 1.51. The van der Waals surface area contributed by atoms with Gasteiger partial charge in [0.15, 0.2) is 0 Å². The topological polar surface area (TPSA) is 85.9 Å². The van der Waals surface area contributed by atoms with E-state index in [2.05, 4.69) is 22.2 Å². The van der Waals surface area contributed by atoms with Crippen molar-refractivity contribution in [2.75, 3.05) is 31.4 Å². The van der Waals surface area contributed by atoms with Gasteiger partial charge in [-0.3, -0.25) is 4.72 Å². The Bertz CT molecular complexity index is 1390. The lowest BCUT2D eigenvalue weighted by Gasteiger charge is -2.38. The molecule has 5 rings (SSSR count). The summed E-state index contributed by atoms with van der Waals surface area (Å²) in [4.78, 5) is 0.209. The Kier molecular flexibility index (Phi) is 6.06. The van der Waals surface area contributed by atoms with Crippen LogP contribution in [0.25, 0.3) is 0 Å². The van der Waals surface area contributed by atoms with E-state index in [-0.39, 0.29) is 22.8 Å². The van der Waals surface area contributed by atoms with Gasteiger partial charge in [0.2, 0.25) is 0 Å². The van der Waals surface area contributed by atoms with Crippen molar-refractivity contribution in [3.05, 3.63) is 83.9 Å². The number of hydrogen-bond acceptors (Lipinski definition) is 6. The van der Waals surface area contributed by atoms with E-state index in [1.807, 2.05) is 24.3 Å². The lowest BCUT2D eigenvalue weighted by molar-refractivity contribution is 0.374. The van der Waals surface area contributed by atoms with E-state index < -0.39 is 10.0 Å². The number of allylic oxidation sites excluding steroid dienone is 2. The smallest absolute Gasteiger partial charge is 0.262 e. The standard InChI is InChI=1S/C27H28N2O5S/c1-32-17-11-14-25(33-2)22(15-17)27-20-8-6-7-19(20)21-16-18(12-13-23(21)28-27)35(30,31)29-24-9-4-5-10-26(24)34-3/h4-7,9-16,19-20,27-29H,8H2,1-3H3/t19-,20+,27-/m0/s1. The van der Waals surface area contributed by atoms with E-state index in [0.29, 0.717) is 11.4 Å². The lowest BCUT2D eigenvalue weighted by atomic mass is 9.77. The van der Waals surface area contributed by atoms with Crippen molar-refractivity contribution in [1.82, 2.24) is 0 Å². The minimum Gasteiger partial charge on any atom is -0.497 e. The summed E-state index contributed by atoms with van der Waals surface area (Å²) >= 11 is 0. The second-order valence-electron chi connectivity index (χ2n) is 8.64. The van der Waals surface area contributed by atoms with Gasteiger partial charge in [-0.1, -0.05) is 24.3 Å². The predicted molar refractivity (Wildman–Crippen MR) is 136 cm³/mol.